The third kappa shape index (κ3) is 2.11. The van der Waals surface area contributed by atoms with Crippen molar-refractivity contribution in [1.29, 1.82) is 0 Å². The molecule has 7 heteroatoms. The SMILES string of the molecule is O=Cc1cnn(-c2ccccc2Cl)c1C(F)(F)F. The summed E-state index contributed by atoms with van der Waals surface area (Å²) in [5.74, 6) is 0. The fraction of sp³-hybridized carbons (Fsp3) is 0.0909. The van der Waals surface area contributed by atoms with Crippen LogP contribution in [0.5, 0.6) is 0 Å². The fourth-order valence-electron chi connectivity index (χ4n) is 1.54. The zero-order valence-electron chi connectivity index (χ0n) is 8.78. The predicted molar refractivity (Wildman–Crippen MR) is 59.0 cm³/mol. The van der Waals surface area contributed by atoms with E-state index in [4.69, 9.17) is 11.6 Å². The lowest BCUT2D eigenvalue weighted by Crippen LogP contribution is -2.15. The van der Waals surface area contributed by atoms with Crippen molar-refractivity contribution in [2.45, 2.75) is 6.18 Å². The van der Waals surface area contributed by atoms with Crippen molar-refractivity contribution in [1.82, 2.24) is 9.78 Å². The van der Waals surface area contributed by atoms with E-state index in [0.717, 1.165) is 6.20 Å². The smallest absolute Gasteiger partial charge is 0.298 e. The van der Waals surface area contributed by atoms with Gasteiger partial charge in [-0.15, -0.1) is 0 Å². The Kier molecular flexibility index (Phi) is 3.13. The average Bonchev–Trinajstić information content (AvgIpc) is 2.73. The quantitative estimate of drug-likeness (QED) is 0.787. The van der Waals surface area contributed by atoms with E-state index in [-0.39, 0.29) is 17.0 Å². The number of benzene rings is 1. The van der Waals surface area contributed by atoms with Gasteiger partial charge < -0.3 is 0 Å². The highest BCUT2D eigenvalue weighted by Gasteiger charge is 2.38. The molecule has 94 valence electrons. The van der Waals surface area contributed by atoms with Crippen molar-refractivity contribution >= 4 is 17.9 Å². The van der Waals surface area contributed by atoms with Crippen molar-refractivity contribution in [2.75, 3.05) is 0 Å². The van der Waals surface area contributed by atoms with Crippen LogP contribution in [0.3, 0.4) is 0 Å². The summed E-state index contributed by atoms with van der Waals surface area (Å²) in [6, 6.07) is 5.95. The topological polar surface area (TPSA) is 34.9 Å². The Labute approximate surface area is 105 Å². The number of rotatable bonds is 2. The molecule has 0 spiro atoms. The van der Waals surface area contributed by atoms with Gasteiger partial charge in [0.25, 0.3) is 0 Å². The van der Waals surface area contributed by atoms with Gasteiger partial charge in [-0.25, -0.2) is 4.68 Å². The number of hydrogen-bond donors (Lipinski definition) is 0. The Morgan fingerprint density at radius 2 is 1.94 bits per heavy atom. The summed E-state index contributed by atoms with van der Waals surface area (Å²) in [6.07, 6.45) is -3.71. The summed E-state index contributed by atoms with van der Waals surface area (Å²) in [4.78, 5) is 10.6. The van der Waals surface area contributed by atoms with Gasteiger partial charge in [0.15, 0.2) is 12.0 Å². The number of alkyl halides is 3. The third-order valence-corrected chi connectivity index (χ3v) is 2.59. The number of hydrogen-bond acceptors (Lipinski definition) is 2. The normalized spacial score (nSPS) is 11.6. The Morgan fingerprint density at radius 1 is 1.28 bits per heavy atom. The molecule has 0 atom stereocenters. The Bertz CT molecular complexity index is 592. The van der Waals surface area contributed by atoms with Gasteiger partial charge in [-0.1, -0.05) is 23.7 Å². The lowest BCUT2D eigenvalue weighted by Gasteiger charge is -2.12. The van der Waals surface area contributed by atoms with E-state index in [9.17, 15) is 18.0 Å². The van der Waals surface area contributed by atoms with Crippen LogP contribution in [-0.4, -0.2) is 16.1 Å². The molecule has 0 fully saturated rings. The first-order valence-corrected chi connectivity index (χ1v) is 5.18. The van der Waals surface area contributed by atoms with Gasteiger partial charge in [-0.2, -0.15) is 18.3 Å². The van der Waals surface area contributed by atoms with Gasteiger partial charge in [0.1, 0.15) is 0 Å². The maximum absolute atomic E-state index is 12.9. The average molecular weight is 275 g/mol. The van der Waals surface area contributed by atoms with Crippen LogP contribution >= 0.6 is 11.6 Å². The number of carbonyl (C=O) groups excluding carboxylic acids is 1. The van der Waals surface area contributed by atoms with E-state index in [2.05, 4.69) is 5.10 Å². The van der Waals surface area contributed by atoms with E-state index < -0.39 is 17.4 Å². The second-order valence-electron chi connectivity index (χ2n) is 3.43. The highest BCUT2D eigenvalue weighted by atomic mass is 35.5. The van der Waals surface area contributed by atoms with Crippen molar-refractivity contribution in [3.63, 3.8) is 0 Å². The van der Waals surface area contributed by atoms with Crippen LogP contribution in [0.1, 0.15) is 16.1 Å². The molecule has 0 saturated heterocycles. The van der Waals surface area contributed by atoms with E-state index in [1.807, 2.05) is 0 Å². The Balaban J connectivity index is 2.70. The van der Waals surface area contributed by atoms with E-state index in [1.165, 1.54) is 18.2 Å². The molecule has 0 radical (unpaired) electrons. The molecule has 0 aliphatic heterocycles. The van der Waals surface area contributed by atoms with Crippen LogP contribution in [0.25, 0.3) is 5.69 Å². The Morgan fingerprint density at radius 3 is 2.50 bits per heavy atom. The van der Waals surface area contributed by atoms with Crippen molar-refractivity contribution in [2.24, 2.45) is 0 Å². The standard InChI is InChI=1S/C11H6ClF3N2O/c12-8-3-1-2-4-9(8)17-10(11(13,14)15)7(6-18)5-16-17/h1-6H. The zero-order chi connectivity index (χ0) is 13.3. The molecular formula is C11H6ClF3N2O. The van der Waals surface area contributed by atoms with Crippen LogP contribution in [0, 0.1) is 0 Å². The van der Waals surface area contributed by atoms with Crippen molar-refractivity contribution in [3.8, 4) is 5.69 Å². The van der Waals surface area contributed by atoms with Crippen molar-refractivity contribution < 1.29 is 18.0 Å². The van der Waals surface area contributed by atoms with E-state index in [1.54, 1.807) is 6.07 Å². The summed E-state index contributed by atoms with van der Waals surface area (Å²) in [7, 11) is 0. The molecule has 18 heavy (non-hydrogen) atoms. The first-order valence-electron chi connectivity index (χ1n) is 4.80. The molecule has 0 unspecified atom stereocenters. The van der Waals surface area contributed by atoms with Crippen LogP contribution in [-0.2, 0) is 6.18 Å². The molecule has 0 saturated carbocycles. The molecule has 0 amide bonds. The highest BCUT2D eigenvalue weighted by Crippen LogP contribution is 2.34. The predicted octanol–water partition coefficient (Wildman–Crippen LogP) is 3.36. The lowest BCUT2D eigenvalue weighted by molar-refractivity contribution is -0.143. The second-order valence-corrected chi connectivity index (χ2v) is 3.83. The molecule has 0 bridgehead atoms. The first kappa shape index (κ1) is 12.6. The molecule has 1 aromatic heterocycles. The largest absolute Gasteiger partial charge is 0.434 e. The second kappa shape index (κ2) is 4.45. The molecule has 1 heterocycles. The minimum atomic E-state index is -4.69. The van der Waals surface area contributed by atoms with Gasteiger partial charge in [0.2, 0.25) is 0 Å². The van der Waals surface area contributed by atoms with Gasteiger partial charge in [0.05, 0.1) is 22.5 Å². The molecule has 0 aliphatic rings. The van der Waals surface area contributed by atoms with Crippen LogP contribution in [0.4, 0.5) is 13.2 Å². The lowest BCUT2D eigenvalue weighted by atomic mass is 10.2. The highest BCUT2D eigenvalue weighted by molar-refractivity contribution is 6.32. The number of nitrogens with zero attached hydrogens (tertiary/aromatic N) is 2. The summed E-state index contributed by atoms with van der Waals surface area (Å²) in [6.45, 7) is 0. The number of aromatic nitrogens is 2. The minimum Gasteiger partial charge on any atom is -0.298 e. The maximum atomic E-state index is 12.9. The third-order valence-electron chi connectivity index (χ3n) is 2.27. The van der Waals surface area contributed by atoms with E-state index >= 15 is 0 Å². The number of aldehydes is 1. The molecule has 0 aliphatic carbocycles. The molecule has 2 aromatic rings. The number of para-hydroxylation sites is 1. The summed E-state index contributed by atoms with van der Waals surface area (Å²) in [5, 5.41) is 3.68. The van der Waals surface area contributed by atoms with Gasteiger partial charge in [-0.3, -0.25) is 4.79 Å². The summed E-state index contributed by atoms with van der Waals surface area (Å²) < 4.78 is 39.3. The van der Waals surface area contributed by atoms with E-state index in [0.29, 0.717) is 4.68 Å². The summed E-state index contributed by atoms with van der Waals surface area (Å²) >= 11 is 5.82. The van der Waals surface area contributed by atoms with Gasteiger partial charge in [0, 0.05) is 0 Å². The van der Waals surface area contributed by atoms with Crippen LogP contribution in [0.2, 0.25) is 5.02 Å². The fourth-order valence-corrected chi connectivity index (χ4v) is 1.75. The van der Waals surface area contributed by atoms with Crippen LogP contribution < -0.4 is 0 Å². The number of carbonyl (C=O) groups is 1. The van der Waals surface area contributed by atoms with Gasteiger partial charge in [-0.05, 0) is 12.1 Å². The molecular weight excluding hydrogens is 269 g/mol. The maximum Gasteiger partial charge on any atom is 0.434 e. The Hall–Kier alpha value is -1.82. The minimum absolute atomic E-state index is 0.0691. The summed E-state index contributed by atoms with van der Waals surface area (Å²) in [5.41, 5.74) is -1.59. The van der Waals surface area contributed by atoms with Crippen LogP contribution in [0.15, 0.2) is 30.5 Å². The monoisotopic (exact) mass is 274 g/mol. The molecule has 3 nitrogen and oxygen atoms in total. The number of halogens is 4. The molecule has 1 aromatic carbocycles. The van der Waals surface area contributed by atoms with Crippen molar-refractivity contribution in [3.05, 3.63) is 46.7 Å². The molecule has 0 N–H and O–H groups in total. The molecule has 2 rings (SSSR count). The first-order chi connectivity index (χ1) is 8.45. The van der Waals surface area contributed by atoms with Gasteiger partial charge >= 0.3 is 6.18 Å². The zero-order valence-corrected chi connectivity index (χ0v) is 9.53.